The highest BCUT2D eigenvalue weighted by atomic mass is 35.5. The third-order valence-electron chi connectivity index (χ3n) is 6.10. The van der Waals surface area contributed by atoms with Crippen molar-refractivity contribution in [3.8, 4) is 22.8 Å². The Morgan fingerprint density at radius 1 is 1.27 bits per heavy atom. The number of carbonyl (C=O) groups is 1. The van der Waals surface area contributed by atoms with Crippen molar-refractivity contribution < 1.29 is 23.1 Å². The van der Waals surface area contributed by atoms with E-state index in [2.05, 4.69) is 10.2 Å². The van der Waals surface area contributed by atoms with E-state index in [0.717, 1.165) is 5.56 Å². The molecule has 5 rings (SSSR count). The standard InChI is InChI=1S/C23H22ClN3O5S/c1-2-32-16-5-3-4-13(10-16)22-19-20(17-11-14(24)6-7-18(17)28)25-26-21(19)23(29)27(22)15-8-9-33(30,31)12-15/h3-7,10-11,15,22,28H,2,8-9,12H2,1H3,(H,25,26). The zero-order valence-corrected chi connectivity index (χ0v) is 19.4. The molecule has 0 radical (unpaired) electrons. The first-order chi connectivity index (χ1) is 15.8. The number of halogens is 1. The van der Waals surface area contributed by atoms with Crippen LogP contribution in [-0.4, -0.2) is 58.7 Å². The number of ether oxygens (including phenoxy) is 1. The number of rotatable bonds is 5. The molecular formula is C23H22ClN3O5S. The molecule has 1 fully saturated rings. The summed E-state index contributed by atoms with van der Waals surface area (Å²) in [5.74, 6) is 0.256. The molecule has 3 heterocycles. The molecule has 2 aromatic carbocycles. The minimum atomic E-state index is -3.23. The Balaban J connectivity index is 1.70. The van der Waals surface area contributed by atoms with Gasteiger partial charge in [0.25, 0.3) is 5.91 Å². The Morgan fingerprint density at radius 3 is 2.82 bits per heavy atom. The minimum Gasteiger partial charge on any atom is -0.507 e. The largest absolute Gasteiger partial charge is 0.507 e. The van der Waals surface area contributed by atoms with Crippen LogP contribution in [0, 0.1) is 0 Å². The van der Waals surface area contributed by atoms with Gasteiger partial charge < -0.3 is 14.7 Å². The quantitative estimate of drug-likeness (QED) is 0.569. The van der Waals surface area contributed by atoms with Crippen LogP contribution in [0.2, 0.25) is 5.02 Å². The van der Waals surface area contributed by atoms with Crippen molar-refractivity contribution in [1.82, 2.24) is 15.1 Å². The van der Waals surface area contributed by atoms with E-state index in [1.807, 2.05) is 31.2 Å². The van der Waals surface area contributed by atoms with Gasteiger partial charge in [0.15, 0.2) is 9.84 Å². The zero-order valence-electron chi connectivity index (χ0n) is 17.8. The van der Waals surface area contributed by atoms with Crippen LogP contribution >= 0.6 is 11.6 Å². The van der Waals surface area contributed by atoms with Crippen molar-refractivity contribution in [2.24, 2.45) is 0 Å². The second-order valence-corrected chi connectivity index (χ2v) is 10.9. The molecule has 0 bridgehead atoms. The first-order valence-corrected chi connectivity index (χ1v) is 12.8. The second-order valence-electron chi connectivity index (χ2n) is 8.20. The molecule has 2 aliphatic heterocycles. The van der Waals surface area contributed by atoms with E-state index in [1.165, 1.54) is 6.07 Å². The number of benzene rings is 2. The molecule has 1 aromatic heterocycles. The van der Waals surface area contributed by atoms with Crippen molar-refractivity contribution in [3.05, 3.63) is 64.3 Å². The van der Waals surface area contributed by atoms with Crippen molar-refractivity contribution in [3.63, 3.8) is 0 Å². The van der Waals surface area contributed by atoms with Crippen LogP contribution in [0.4, 0.5) is 0 Å². The predicted octanol–water partition coefficient (Wildman–Crippen LogP) is 3.57. The van der Waals surface area contributed by atoms with Gasteiger partial charge in [-0.1, -0.05) is 23.7 Å². The summed E-state index contributed by atoms with van der Waals surface area (Å²) in [7, 11) is -3.23. The molecule has 2 N–H and O–H groups in total. The summed E-state index contributed by atoms with van der Waals surface area (Å²) in [6.07, 6.45) is 0.366. The van der Waals surface area contributed by atoms with Crippen molar-refractivity contribution >= 4 is 27.3 Å². The van der Waals surface area contributed by atoms with Crippen molar-refractivity contribution in [1.29, 1.82) is 0 Å². The average Bonchev–Trinajstić information content (AvgIpc) is 3.43. The lowest BCUT2D eigenvalue weighted by molar-refractivity contribution is 0.0677. The van der Waals surface area contributed by atoms with E-state index in [1.54, 1.807) is 17.0 Å². The van der Waals surface area contributed by atoms with Gasteiger partial charge in [-0.2, -0.15) is 5.10 Å². The lowest BCUT2D eigenvalue weighted by atomic mass is 9.95. The van der Waals surface area contributed by atoms with E-state index in [9.17, 15) is 18.3 Å². The van der Waals surface area contributed by atoms with Gasteiger partial charge in [0.2, 0.25) is 0 Å². The summed E-state index contributed by atoms with van der Waals surface area (Å²) >= 11 is 6.18. The number of aromatic amines is 1. The van der Waals surface area contributed by atoms with Crippen LogP contribution in [0.5, 0.6) is 11.5 Å². The molecule has 0 saturated carbocycles. The van der Waals surface area contributed by atoms with E-state index >= 15 is 0 Å². The highest BCUT2D eigenvalue weighted by molar-refractivity contribution is 7.91. The van der Waals surface area contributed by atoms with Gasteiger partial charge in [-0.15, -0.1) is 0 Å². The Bertz CT molecular complexity index is 1350. The summed E-state index contributed by atoms with van der Waals surface area (Å²) in [5, 5.41) is 18.1. The molecular weight excluding hydrogens is 466 g/mol. The maximum atomic E-state index is 13.5. The lowest BCUT2D eigenvalue weighted by Crippen LogP contribution is -2.40. The van der Waals surface area contributed by atoms with Crippen LogP contribution in [0.25, 0.3) is 11.3 Å². The highest BCUT2D eigenvalue weighted by Gasteiger charge is 2.48. The molecule has 8 nitrogen and oxygen atoms in total. The van der Waals surface area contributed by atoms with E-state index in [0.29, 0.717) is 40.6 Å². The Kier molecular flexibility index (Phi) is 5.33. The van der Waals surface area contributed by atoms with Crippen LogP contribution in [0.15, 0.2) is 42.5 Å². The van der Waals surface area contributed by atoms with Gasteiger partial charge in [0, 0.05) is 22.2 Å². The first kappa shape index (κ1) is 21.8. The zero-order chi connectivity index (χ0) is 23.3. The van der Waals surface area contributed by atoms with Crippen molar-refractivity contribution in [2.75, 3.05) is 18.1 Å². The smallest absolute Gasteiger partial charge is 0.273 e. The number of phenolic OH excluding ortho intramolecular Hbond substituents is 1. The molecule has 2 atom stereocenters. The SMILES string of the molecule is CCOc1cccc(C2c3c(-c4cc(Cl)ccc4O)n[nH]c3C(=O)N2C2CCS(=O)(=O)C2)c1. The normalized spacial score (nSPS) is 21.4. The van der Waals surface area contributed by atoms with Gasteiger partial charge in [0.1, 0.15) is 22.9 Å². The summed E-state index contributed by atoms with van der Waals surface area (Å²) < 4.78 is 30.2. The number of aromatic hydroxyl groups is 1. The summed E-state index contributed by atoms with van der Waals surface area (Å²) in [6, 6.07) is 11.0. The first-order valence-electron chi connectivity index (χ1n) is 10.6. The van der Waals surface area contributed by atoms with Crippen LogP contribution in [0.3, 0.4) is 0 Å². The maximum Gasteiger partial charge on any atom is 0.273 e. The highest BCUT2D eigenvalue weighted by Crippen LogP contribution is 2.47. The number of fused-ring (bicyclic) bond motifs is 1. The van der Waals surface area contributed by atoms with Gasteiger partial charge >= 0.3 is 0 Å². The molecule has 0 spiro atoms. The van der Waals surface area contributed by atoms with E-state index in [-0.39, 0.29) is 28.9 Å². The number of hydrogen-bond acceptors (Lipinski definition) is 6. The van der Waals surface area contributed by atoms with Crippen LogP contribution in [-0.2, 0) is 9.84 Å². The summed E-state index contributed by atoms with van der Waals surface area (Å²) in [5.41, 5.74) is 2.41. The molecule has 1 amide bonds. The monoisotopic (exact) mass is 487 g/mol. The average molecular weight is 488 g/mol. The third-order valence-corrected chi connectivity index (χ3v) is 8.09. The number of H-pyrrole nitrogens is 1. The van der Waals surface area contributed by atoms with Crippen LogP contribution < -0.4 is 4.74 Å². The van der Waals surface area contributed by atoms with Crippen molar-refractivity contribution in [2.45, 2.75) is 25.4 Å². The maximum absolute atomic E-state index is 13.5. The number of carbonyl (C=O) groups excluding carboxylic acids is 1. The number of nitrogens with zero attached hydrogens (tertiary/aromatic N) is 2. The molecule has 3 aromatic rings. The number of sulfone groups is 1. The third kappa shape index (κ3) is 3.75. The molecule has 1 saturated heterocycles. The summed E-state index contributed by atoms with van der Waals surface area (Å²) in [4.78, 5) is 15.2. The molecule has 10 heteroatoms. The number of amides is 1. The van der Waals surface area contributed by atoms with Gasteiger partial charge in [-0.05, 0) is 49.2 Å². The van der Waals surface area contributed by atoms with Crippen LogP contribution in [0.1, 0.15) is 41.0 Å². The molecule has 2 unspecified atom stereocenters. The number of nitrogens with one attached hydrogen (secondary N) is 1. The number of hydrogen-bond donors (Lipinski definition) is 2. The molecule has 172 valence electrons. The number of phenols is 1. The topological polar surface area (TPSA) is 113 Å². The molecule has 33 heavy (non-hydrogen) atoms. The second kappa shape index (κ2) is 8.07. The van der Waals surface area contributed by atoms with Gasteiger partial charge in [-0.25, -0.2) is 8.42 Å². The number of aromatic nitrogens is 2. The Hall–Kier alpha value is -3.04. The van der Waals surface area contributed by atoms with E-state index < -0.39 is 21.9 Å². The fraction of sp³-hybridized carbons (Fsp3) is 0.304. The minimum absolute atomic E-state index is 0.0233. The van der Waals surface area contributed by atoms with Gasteiger partial charge in [-0.3, -0.25) is 9.89 Å². The predicted molar refractivity (Wildman–Crippen MR) is 123 cm³/mol. The summed E-state index contributed by atoms with van der Waals surface area (Å²) in [6.45, 7) is 2.37. The fourth-order valence-corrected chi connectivity index (χ4v) is 6.59. The van der Waals surface area contributed by atoms with Gasteiger partial charge in [0.05, 0.1) is 24.2 Å². The lowest BCUT2D eigenvalue weighted by Gasteiger charge is -2.31. The fourth-order valence-electron chi connectivity index (χ4n) is 4.71. The Morgan fingerprint density at radius 2 is 2.09 bits per heavy atom. The Labute approximate surface area is 196 Å². The van der Waals surface area contributed by atoms with E-state index in [4.69, 9.17) is 16.3 Å². The molecule has 0 aliphatic carbocycles. The molecule has 2 aliphatic rings.